The van der Waals surface area contributed by atoms with Crippen LogP contribution in [0, 0.1) is 5.92 Å². The van der Waals surface area contributed by atoms with E-state index >= 15 is 0 Å². The van der Waals surface area contributed by atoms with E-state index in [0.717, 1.165) is 31.6 Å². The predicted octanol–water partition coefficient (Wildman–Crippen LogP) is 4.25. The maximum Gasteiger partial charge on any atom is 0.407 e. The summed E-state index contributed by atoms with van der Waals surface area (Å²) in [6.45, 7) is 8.02. The summed E-state index contributed by atoms with van der Waals surface area (Å²) in [5.74, 6) is 0.831. The normalized spacial score (nSPS) is 21.4. The molecule has 5 heteroatoms. The maximum absolute atomic E-state index is 11.8. The van der Waals surface area contributed by atoms with Crippen LogP contribution < -0.4 is 5.32 Å². The molecule has 0 radical (unpaired) electrons. The molecule has 0 aromatic heterocycles. The number of hydrogen-bond donors (Lipinski definition) is 1. The van der Waals surface area contributed by atoms with Gasteiger partial charge in [-0.2, -0.15) is 0 Å². The van der Waals surface area contributed by atoms with Crippen molar-refractivity contribution in [2.45, 2.75) is 84.5 Å². The molecular formula is C18H35NO4. The van der Waals surface area contributed by atoms with Crippen LogP contribution >= 0.6 is 0 Å². The Balaban J connectivity index is 2.08. The lowest BCUT2D eigenvalue weighted by Crippen LogP contribution is -2.32. The lowest BCUT2D eigenvalue weighted by Gasteiger charge is -2.28. The zero-order chi connectivity index (χ0) is 16.9. The van der Waals surface area contributed by atoms with Crippen LogP contribution in [-0.4, -0.2) is 38.2 Å². The van der Waals surface area contributed by atoms with Gasteiger partial charge in [-0.3, -0.25) is 0 Å². The van der Waals surface area contributed by atoms with Gasteiger partial charge in [-0.05, 0) is 51.9 Å². The first-order valence-corrected chi connectivity index (χ1v) is 9.37. The zero-order valence-electron chi connectivity index (χ0n) is 15.1. The molecule has 0 aromatic carbocycles. The molecule has 0 bridgehead atoms. The second kappa shape index (κ2) is 12.6. The van der Waals surface area contributed by atoms with E-state index in [-0.39, 0.29) is 18.5 Å². The van der Waals surface area contributed by atoms with Gasteiger partial charge in [0.25, 0.3) is 0 Å². The summed E-state index contributed by atoms with van der Waals surface area (Å²) in [4.78, 5) is 11.8. The van der Waals surface area contributed by atoms with Crippen LogP contribution in [0.5, 0.6) is 0 Å². The lowest BCUT2D eigenvalue weighted by atomic mass is 9.85. The molecule has 1 saturated carbocycles. The molecule has 1 N–H and O–H groups in total. The molecular weight excluding hydrogens is 294 g/mol. The highest BCUT2D eigenvalue weighted by molar-refractivity contribution is 5.67. The number of hydrogen-bond acceptors (Lipinski definition) is 4. The molecule has 1 rings (SSSR count). The van der Waals surface area contributed by atoms with Crippen molar-refractivity contribution in [2.24, 2.45) is 5.92 Å². The Hall–Kier alpha value is -0.810. The Morgan fingerprint density at radius 1 is 1.09 bits per heavy atom. The smallest absolute Gasteiger partial charge is 0.407 e. The number of alkyl carbamates (subject to hydrolysis) is 1. The summed E-state index contributed by atoms with van der Waals surface area (Å²) in [5.41, 5.74) is 0. The molecule has 0 aromatic rings. The third-order valence-corrected chi connectivity index (χ3v) is 4.36. The minimum atomic E-state index is -0.284. The Labute approximate surface area is 141 Å². The summed E-state index contributed by atoms with van der Waals surface area (Å²) in [7, 11) is 0. The molecule has 0 spiro atoms. The average Bonchev–Trinajstić information content (AvgIpc) is 2.54. The minimum Gasteiger partial charge on any atom is -0.446 e. The van der Waals surface area contributed by atoms with E-state index in [0.29, 0.717) is 19.8 Å². The number of rotatable bonds is 11. The first-order chi connectivity index (χ1) is 11.2. The fraction of sp³-hybridized carbons (Fsp3) is 0.944. The first-order valence-electron chi connectivity index (χ1n) is 9.37. The van der Waals surface area contributed by atoms with Crippen LogP contribution in [0.15, 0.2) is 0 Å². The van der Waals surface area contributed by atoms with Gasteiger partial charge >= 0.3 is 6.09 Å². The molecule has 1 aliphatic rings. The van der Waals surface area contributed by atoms with Gasteiger partial charge in [0.1, 0.15) is 6.10 Å². The van der Waals surface area contributed by atoms with Gasteiger partial charge in [-0.1, -0.05) is 19.8 Å². The van der Waals surface area contributed by atoms with Crippen molar-refractivity contribution in [1.29, 1.82) is 0 Å². The quantitative estimate of drug-likeness (QED) is 0.455. The zero-order valence-corrected chi connectivity index (χ0v) is 15.1. The van der Waals surface area contributed by atoms with E-state index in [4.69, 9.17) is 14.2 Å². The summed E-state index contributed by atoms with van der Waals surface area (Å²) < 4.78 is 16.5. The van der Waals surface area contributed by atoms with Crippen molar-refractivity contribution in [3.8, 4) is 0 Å². The Bertz CT molecular complexity index is 297. The van der Waals surface area contributed by atoms with Crippen molar-refractivity contribution in [3.05, 3.63) is 0 Å². The largest absolute Gasteiger partial charge is 0.446 e. The number of nitrogens with one attached hydrogen (secondary N) is 1. The number of carbonyl (C=O) groups is 1. The molecule has 136 valence electrons. The second-order valence-electron chi connectivity index (χ2n) is 6.25. The van der Waals surface area contributed by atoms with Crippen LogP contribution in [0.3, 0.4) is 0 Å². The van der Waals surface area contributed by atoms with Crippen molar-refractivity contribution in [1.82, 2.24) is 5.32 Å². The Morgan fingerprint density at radius 3 is 2.30 bits per heavy atom. The first kappa shape index (κ1) is 20.2. The van der Waals surface area contributed by atoms with Crippen molar-refractivity contribution >= 4 is 6.09 Å². The molecule has 0 aliphatic heterocycles. The third-order valence-electron chi connectivity index (χ3n) is 4.36. The van der Waals surface area contributed by atoms with Gasteiger partial charge in [-0.25, -0.2) is 4.79 Å². The Morgan fingerprint density at radius 2 is 1.74 bits per heavy atom. The van der Waals surface area contributed by atoms with Gasteiger partial charge in [-0.15, -0.1) is 0 Å². The van der Waals surface area contributed by atoms with E-state index in [1.807, 2.05) is 13.8 Å². The van der Waals surface area contributed by atoms with Crippen LogP contribution in [0.25, 0.3) is 0 Å². The minimum absolute atomic E-state index is 0.0997. The van der Waals surface area contributed by atoms with Gasteiger partial charge in [0, 0.05) is 26.2 Å². The maximum atomic E-state index is 11.8. The van der Waals surface area contributed by atoms with Crippen molar-refractivity contribution < 1.29 is 19.0 Å². The average molecular weight is 329 g/mol. The van der Waals surface area contributed by atoms with E-state index in [9.17, 15) is 4.79 Å². The topological polar surface area (TPSA) is 56.8 Å². The van der Waals surface area contributed by atoms with Crippen LogP contribution in [0.4, 0.5) is 4.79 Å². The van der Waals surface area contributed by atoms with Gasteiger partial charge in [0.15, 0.2) is 6.29 Å². The monoisotopic (exact) mass is 329 g/mol. The number of amides is 1. The summed E-state index contributed by atoms with van der Waals surface area (Å²) in [5, 5.41) is 2.83. The van der Waals surface area contributed by atoms with E-state index in [1.54, 1.807) is 0 Å². The van der Waals surface area contributed by atoms with E-state index in [1.165, 1.54) is 25.7 Å². The van der Waals surface area contributed by atoms with Gasteiger partial charge in [0.05, 0.1) is 0 Å². The molecule has 0 heterocycles. The molecule has 0 atom stereocenters. The fourth-order valence-electron chi connectivity index (χ4n) is 3.19. The summed E-state index contributed by atoms with van der Waals surface area (Å²) in [6, 6.07) is 0. The highest BCUT2D eigenvalue weighted by atomic mass is 16.7. The van der Waals surface area contributed by atoms with Crippen LogP contribution in [-0.2, 0) is 14.2 Å². The Kier molecular flexibility index (Phi) is 11.1. The highest BCUT2D eigenvalue weighted by Crippen LogP contribution is 2.29. The second-order valence-corrected chi connectivity index (χ2v) is 6.25. The van der Waals surface area contributed by atoms with Crippen LogP contribution in [0.2, 0.25) is 0 Å². The third kappa shape index (κ3) is 9.16. The molecule has 5 nitrogen and oxygen atoms in total. The van der Waals surface area contributed by atoms with Gasteiger partial charge < -0.3 is 19.5 Å². The number of ether oxygens (including phenoxy) is 3. The molecule has 1 aliphatic carbocycles. The standard InChI is InChI=1S/C18H35NO4/c1-4-8-15-10-12-16(13-11-15)23-18(20)19-14-7-9-17(21-5-2)22-6-3/h15-17H,4-14H2,1-3H3,(H,19,20). The summed E-state index contributed by atoms with van der Waals surface area (Å²) in [6.07, 6.45) is 8.21. The van der Waals surface area contributed by atoms with Crippen LogP contribution in [0.1, 0.15) is 72.1 Å². The summed E-state index contributed by atoms with van der Waals surface area (Å²) >= 11 is 0. The van der Waals surface area contributed by atoms with E-state index in [2.05, 4.69) is 12.2 Å². The molecule has 0 saturated heterocycles. The number of carbonyl (C=O) groups excluding carboxylic acids is 1. The molecule has 1 fully saturated rings. The van der Waals surface area contributed by atoms with Crippen molar-refractivity contribution in [3.63, 3.8) is 0 Å². The molecule has 1 amide bonds. The fourth-order valence-corrected chi connectivity index (χ4v) is 3.19. The lowest BCUT2D eigenvalue weighted by molar-refractivity contribution is -0.139. The highest BCUT2D eigenvalue weighted by Gasteiger charge is 2.23. The predicted molar refractivity (Wildman–Crippen MR) is 91.4 cm³/mol. The molecule has 0 unspecified atom stereocenters. The van der Waals surface area contributed by atoms with E-state index < -0.39 is 0 Å². The van der Waals surface area contributed by atoms with Crippen molar-refractivity contribution in [2.75, 3.05) is 19.8 Å². The molecule has 23 heavy (non-hydrogen) atoms. The SMILES string of the molecule is CCCC1CCC(OC(=O)NCCCC(OCC)OCC)CC1. The van der Waals surface area contributed by atoms with Gasteiger partial charge in [0.2, 0.25) is 0 Å².